The monoisotopic (exact) mass is 708 g/mol. The lowest BCUT2D eigenvalue weighted by Crippen LogP contribution is -2.68. The van der Waals surface area contributed by atoms with Gasteiger partial charge in [0.1, 0.15) is 11.8 Å². The minimum atomic E-state index is -0.567. The number of phenols is 1. The fourth-order valence-electron chi connectivity index (χ4n) is 9.01. The average molecular weight is 709 g/mol. The van der Waals surface area contributed by atoms with E-state index in [-0.39, 0.29) is 49.1 Å². The first-order valence-corrected chi connectivity index (χ1v) is 18.4. The van der Waals surface area contributed by atoms with E-state index in [0.717, 1.165) is 47.1 Å². The quantitative estimate of drug-likeness (QED) is 0.144. The SMILES string of the molecule is CCCCCC(=O)Oc1c(OC)c(C)cc2c1[C@H]1C3Cc4c(O)c(C)c5c(c4[C@H](CNC(=O)CCc4ccccc4)N3[C@@H](C#N)[C@H](C2)N1C)OCO5. The smallest absolute Gasteiger partial charge is 0.311 e. The van der Waals surface area contributed by atoms with Crippen LogP contribution in [0.3, 0.4) is 0 Å². The summed E-state index contributed by atoms with van der Waals surface area (Å²) >= 11 is 0. The molecule has 4 aliphatic rings. The predicted molar refractivity (Wildman–Crippen MR) is 194 cm³/mol. The molecule has 4 heterocycles. The van der Waals surface area contributed by atoms with Gasteiger partial charge in [-0.2, -0.15) is 5.26 Å². The molecule has 11 heteroatoms. The number of ether oxygens (including phenoxy) is 4. The molecule has 0 radical (unpaired) electrons. The van der Waals surface area contributed by atoms with E-state index >= 15 is 0 Å². The Kier molecular flexibility index (Phi) is 10.1. The first-order chi connectivity index (χ1) is 25.2. The fraction of sp³-hybridized carbons (Fsp3) is 0.488. The Balaban J connectivity index is 1.33. The van der Waals surface area contributed by atoms with Gasteiger partial charge in [-0.15, -0.1) is 0 Å². The molecule has 2 bridgehead atoms. The number of nitrogens with one attached hydrogen (secondary N) is 1. The van der Waals surface area contributed by atoms with Crippen LogP contribution in [0.1, 0.15) is 90.1 Å². The maximum Gasteiger partial charge on any atom is 0.311 e. The highest BCUT2D eigenvalue weighted by atomic mass is 16.7. The summed E-state index contributed by atoms with van der Waals surface area (Å²) in [4.78, 5) is 31.2. The topological polar surface area (TPSA) is 134 Å². The minimum absolute atomic E-state index is 0.0147. The summed E-state index contributed by atoms with van der Waals surface area (Å²) < 4.78 is 24.2. The number of piperazine rings is 1. The number of aromatic hydroxyl groups is 1. The van der Waals surface area contributed by atoms with E-state index < -0.39 is 12.1 Å². The van der Waals surface area contributed by atoms with Crippen molar-refractivity contribution in [3.8, 4) is 34.8 Å². The Labute approximate surface area is 305 Å². The number of benzene rings is 3. The summed E-state index contributed by atoms with van der Waals surface area (Å²) in [7, 11) is 3.62. The zero-order chi connectivity index (χ0) is 36.7. The second-order valence-electron chi connectivity index (χ2n) is 14.5. The molecule has 11 nitrogen and oxygen atoms in total. The molecule has 1 unspecified atom stereocenters. The Morgan fingerprint density at radius 1 is 1.04 bits per heavy atom. The van der Waals surface area contributed by atoms with Gasteiger partial charge in [0, 0.05) is 53.7 Å². The van der Waals surface area contributed by atoms with E-state index in [2.05, 4.69) is 34.2 Å². The first-order valence-electron chi connectivity index (χ1n) is 18.4. The normalized spacial score (nSPS) is 22.8. The lowest BCUT2D eigenvalue weighted by atomic mass is 9.71. The molecule has 0 aliphatic carbocycles. The number of unbranched alkanes of at least 4 members (excludes halogenated alkanes) is 2. The third-order valence-electron chi connectivity index (χ3n) is 11.4. The maximum absolute atomic E-state index is 13.4. The Morgan fingerprint density at radius 2 is 1.81 bits per heavy atom. The van der Waals surface area contributed by atoms with Gasteiger partial charge in [0.05, 0.1) is 25.3 Å². The molecule has 52 heavy (non-hydrogen) atoms. The maximum atomic E-state index is 13.4. The number of likely N-dealkylation sites (N-methyl/N-ethyl adjacent to an activating group) is 1. The van der Waals surface area contributed by atoms with Gasteiger partial charge in [-0.1, -0.05) is 56.2 Å². The summed E-state index contributed by atoms with van der Waals surface area (Å²) in [6, 6.07) is 12.7. The molecule has 4 aliphatic heterocycles. The summed E-state index contributed by atoms with van der Waals surface area (Å²) in [5.74, 6) is 1.68. The van der Waals surface area contributed by atoms with Crippen LogP contribution in [0.5, 0.6) is 28.7 Å². The lowest BCUT2D eigenvalue weighted by Gasteiger charge is -2.60. The van der Waals surface area contributed by atoms with E-state index in [1.807, 2.05) is 51.2 Å². The third kappa shape index (κ3) is 6.11. The van der Waals surface area contributed by atoms with Gasteiger partial charge in [0.25, 0.3) is 0 Å². The molecule has 1 amide bonds. The van der Waals surface area contributed by atoms with Crippen molar-refractivity contribution in [1.29, 1.82) is 5.26 Å². The van der Waals surface area contributed by atoms with Crippen LogP contribution in [-0.4, -0.2) is 72.4 Å². The minimum Gasteiger partial charge on any atom is -0.507 e. The van der Waals surface area contributed by atoms with Crippen molar-refractivity contribution in [2.75, 3.05) is 27.5 Å². The van der Waals surface area contributed by atoms with E-state index in [4.69, 9.17) is 18.9 Å². The molecule has 0 aromatic heterocycles. The highest BCUT2D eigenvalue weighted by Gasteiger charge is 2.57. The average Bonchev–Trinajstić information content (AvgIpc) is 3.63. The number of esters is 1. The first kappa shape index (κ1) is 35.6. The number of rotatable bonds is 11. The van der Waals surface area contributed by atoms with E-state index in [1.54, 1.807) is 7.11 Å². The Hall–Kier alpha value is -4.79. The number of amides is 1. The van der Waals surface area contributed by atoms with Crippen LogP contribution in [0, 0.1) is 25.2 Å². The number of aryl methyl sites for hydroxylation is 2. The van der Waals surface area contributed by atoms with Crippen molar-refractivity contribution in [2.45, 2.75) is 102 Å². The van der Waals surface area contributed by atoms with Crippen molar-refractivity contribution in [1.82, 2.24) is 15.1 Å². The summed E-state index contributed by atoms with van der Waals surface area (Å²) in [5, 5.41) is 25.9. The molecule has 3 aromatic carbocycles. The van der Waals surface area contributed by atoms with Crippen molar-refractivity contribution in [3.63, 3.8) is 0 Å². The molecule has 7 rings (SSSR count). The third-order valence-corrected chi connectivity index (χ3v) is 11.4. The van der Waals surface area contributed by atoms with Gasteiger partial charge < -0.3 is 29.4 Å². The van der Waals surface area contributed by atoms with E-state index in [9.17, 15) is 20.0 Å². The number of hydrogen-bond donors (Lipinski definition) is 2. The number of carbonyl (C=O) groups is 2. The van der Waals surface area contributed by atoms with Crippen molar-refractivity contribution in [2.24, 2.45) is 0 Å². The van der Waals surface area contributed by atoms with Crippen molar-refractivity contribution < 1.29 is 33.6 Å². The van der Waals surface area contributed by atoms with Gasteiger partial charge in [-0.25, -0.2) is 0 Å². The molecule has 3 aromatic rings. The molecule has 0 spiro atoms. The van der Waals surface area contributed by atoms with Crippen molar-refractivity contribution >= 4 is 11.9 Å². The van der Waals surface area contributed by atoms with E-state index in [1.165, 1.54) is 0 Å². The fourth-order valence-corrected chi connectivity index (χ4v) is 9.01. The molecule has 0 saturated carbocycles. The largest absolute Gasteiger partial charge is 0.507 e. The molecular weight excluding hydrogens is 660 g/mol. The van der Waals surface area contributed by atoms with Crippen LogP contribution in [0.2, 0.25) is 0 Å². The second-order valence-corrected chi connectivity index (χ2v) is 14.5. The Morgan fingerprint density at radius 3 is 2.54 bits per heavy atom. The molecule has 1 saturated heterocycles. The zero-order valence-corrected chi connectivity index (χ0v) is 30.7. The second kappa shape index (κ2) is 14.7. The van der Waals surface area contributed by atoms with Crippen LogP contribution in [0.15, 0.2) is 36.4 Å². The van der Waals surface area contributed by atoms with Gasteiger partial charge in [-0.05, 0) is 63.3 Å². The standard InChI is InChI=1S/C41H48N4O7/c1-6-7-9-14-33(47)52-41-34-26(17-23(2)38(41)49-5)18-28-30(20-42)45-29(36(34)44(28)4)19-27-35(40-39(50-22-51-40)24(3)37(27)48)31(45)21-43-32(46)16-15-25-12-10-8-11-13-25/h8,10-13,17,28-31,36,48H,6-7,9,14-16,18-19,21-22H2,1-5H3,(H,43,46)/t28-,29?,30-,31-,36+/m0/s1. The van der Waals surface area contributed by atoms with Gasteiger partial charge in [-0.3, -0.25) is 19.4 Å². The molecule has 274 valence electrons. The number of fused-ring (bicyclic) bond motifs is 9. The highest BCUT2D eigenvalue weighted by Crippen LogP contribution is 2.58. The number of phenolic OH excluding ortho intramolecular Hbond substituents is 1. The highest BCUT2D eigenvalue weighted by molar-refractivity contribution is 5.77. The van der Waals surface area contributed by atoms with Crippen molar-refractivity contribution in [3.05, 3.63) is 75.3 Å². The van der Waals surface area contributed by atoms with Crippen LogP contribution in [-0.2, 0) is 28.9 Å². The van der Waals surface area contributed by atoms with Gasteiger partial charge in [0.2, 0.25) is 12.7 Å². The van der Waals surface area contributed by atoms with Crippen LogP contribution < -0.4 is 24.3 Å². The Bertz CT molecular complexity index is 1910. The molecule has 1 fully saturated rings. The van der Waals surface area contributed by atoms with Crippen LogP contribution in [0.25, 0.3) is 0 Å². The summed E-state index contributed by atoms with van der Waals surface area (Å²) in [5.41, 5.74) is 5.85. The molecular formula is C41H48N4O7. The zero-order valence-electron chi connectivity index (χ0n) is 30.7. The number of methoxy groups -OCH3 is 1. The number of carbonyl (C=O) groups excluding carboxylic acids is 2. The van der Waals surface area contributed by atoms with Crippen LogP contribution in [0.4, 0.5) is 0 Å². The van der Waals surface area contributed by atoms with E-state index in [0.29, 0.717) is 66.2 Å². The summed E-state index contributed by atoms with van der Waals surface area (Å²) in [6.07, 6.45) is 4.80. The summed E-state index contributed by atoms with van der Waals surface area (Å²) in [6.45, 7) is 6.07. The van der Waals surface area contributed by atoms with Gasteiger partial charge in [0.15, 0.2) is 23.0 Å². The number of nitrogens with zero attached hydrogens (tertiary/aromatic N) is 3. The molecule has 5 atom stereocenters. The predicted octanol–water partition coefficient (Wildman–Crippen LogP) is 5.75. The lowest BCUT2D eigenvalue weighted by molar-refractivity contribution is -0.135. The number of hydrogen-bond acceptors (Lipinski definition) is 10. The van der Waals surface area contributed by atoms with Gasteiger partial charge >= 0.3 is 5.97 Å². The number of nitriles is 1. The van der Waals surface area contributed by atoms with Crippen LogP contribution >= 0.6 is 0 Å². The molecule has 2 N–H and O–H groups in total.